The number of benzene rings is 9. The van der Waals surface area contributed by atoms with E-state index in [1.807, 2.05) is 23.5 Å². The highest BCUT2D eigenvalue weighted by atomic mass is 32.1. The van der Waals surface area contributed by atoms with Crippen LogP contribution in [0.5, 0.6) is 0 Å². The van der Waals surface area contributed by atoms with Gasteiger partial charge in [-0.3, -0.25) is 0 Å². The van der Waals surface area contributed by atoms with Gasteiger partial charge in [-0.05, 0) is 93.5 Å². The lowest BCUT2D eigenvalue weighted by Gasteiger charge is -2.29. The van der Waals surface area contributed by atoms with Crippen LogP contribution in [0.1, 0.15) is 47.0 Å². The normalized spacial score (nSPS) is 14.7. The van der Waals surface area contributed by atoms with Crippen LogP contribution in [0.4, 0.5) is 22.7 Å². The minimum absolute atomic E-state index is 0.0727. The first kappa shape index (κ1) is 38.5. The van der Waals surface area contributed by atoms with Gasteiger partial charge in [-0.25, -0.2) is 4.99 Å². The van der Waals surface area contributed by atoms with E-state index < -0.39 is 0 Å². The zero-order valence-electron chi connectivity index (χ0n) is 36.5. The van der Waals surface area contributed by atoms with E-state index in [4.69, 9.17) is 9.41 Å². The predicted octanol–water partition coefficient (Wildman–Crippen LogP) is 16.7. The molecule has 1 aliphatic carbocycles. The van der Waals surface area contributed by atoms with Crippen molar-refractivity contribution in [2.75, 3.05) is 4.90 Å². The fourth-order valence-corrected chi connectivity index (χ4v) is 11.7. The van der Waals surface area contributed by atoms with Crippen molar-refractivity contribution in [2.24, 2.45) is 4.99 Å². The third kappa shape index (κ3) is 6.08. The molecule has 11 aromatic rings. The number of hydrogen-bond acceptors (Lipinski definition) is 5. The van der Waals surface area contributed by atoms with Gasteiger partial charge in [0.25, 0.3) is 0 Å². The van der Waals surface area contributed by atoms with Gasteiger partial charge in [-0.2, -0.15) is 0 Å². The van der Waals surface area contributed by atoms with E-state index in [2.05, 4.69) is 224 Å². The molecule has 1 N–H and O–H groups in total. The number of nitrogens with one attached hydrogen (secondary N) is 1. The van der Waals surface area contributed by atoms with E-state index in [9.17, 15) is 0 Å². The summed E-state index contributed by atoms with van der Waals surface area (Å²) in [6, 6.07) is 76.5. The quantitative estimate of drug-likeness (QED) is 0.173. The summed E-state index contributed by atoms with van der Waals surface area (Å²) in [4.78, 5) is 9.14. The Morgan fingerprint density at radius 1 is 0.530 bits per heavy atom. The highest BCUT2D eigenvalue weighted by Gasteiger charge is 2.39. The smallest absolute Gasteiger partial charge is 0.143 e. The van der Waals surface area contributed by atoms with Crippen molar-refractivity contribution in [2.45, 2.75) is 25.3 Å². The first-order chi connectivity index (χ1) is 32.5. The van der Waals surface area contributed by atoms with E-state index in [0.29, 0.717) is 0 Å². The summed E-state index contributed by atoms with van der Waals surface area (Å²) in [5.74, 6) is 0.877. The van der Waals surface area contributed by atoms with Crippen LogP contribution in [-0.2, 0) is 5.41 Å². The molecular weight excluding hydrogens is 823 g/mol. The fraction of sp³-hybridized carbons (Fsp3) is 0.0656. The molecule has 1 atom stereocenters. The molecular formula is C61H43N3OS. The molecule has 9 aromatic carbocycles. The summed E-state index contributed by atoms with van der Waals surface area (Å²) < 4.78 is 7.71. The molecule has 0 radical (unpaired) electrons. The Kier molecular flexibility index (Phi) is 8.77. The Hall–Kier alpha value is -7.99. The van der Waals surface area contributed by atoms with Gasteiger partial charge in [0, 0.05) is 54.3 Å². The van der Waals surface area contributed by atoms with E-state index in [1.54, 1.807) is 0 Å². The van der Waals surface area contributed by atoms with E-state index in [1.165, 1.54) is 53.9 Å². The molecule has 2 aromatic heterocycles. The topological polar surface area (TPSA) is 40.8 Å². The van der Waals surface area contributed by atoms with Gasteiger partial charge in [0.05, 0.1) is 22.3 Å². The molecule has 0 spiro atoms. The Morgan fingerprint density at radius 3 is 2.06 bits per heavy atom. The monoisotopic (exact) mass is 865 g/mol. The average Bonchev–Trinajstić information content (AvgIpc) is 4.02. The number of rotatable bonds is 7. The molecule has 0 bridgehead atoms. The van der Waals surface area contributed by atoms with Gasteiger partial charge in [0.1, 0.15) is 17.0 Å². The summed E-state index contributed by atoms with van der Waals surface area (Å²) in [5.41, 5.74) is 17.9. The van der Waals surface area contributed by atoms with Crippen molar-refractivity contribution >= 4 is 71.9 Å². The summed E-state index contributed by atoms with van der Waals surface area (Å²) in [6.45, 7) is 4.72. The summed E-state index contributed by atoms with van der Waals surface area (Å²) >= 11 is 1.83. The molecule has 314 valence electrons. The highest BCUT2D eigenvalue weighted by Crippen LogP contribution is 2.55. The predicted molar refractivity (Wildman–Crippen MR) is 276 cm³/mol. The van der Waals surface area contributed by atoms with Crippen LogP contribution >= 0.6 is 11.3 Å². The van der Waals surface area contributed by atoms with Crippen molar-refractivity contribution < 1.29 is 4.42 Å². The lowest BCUT2D eigenvalue weighted by atomic mass is 9.82. The zero-order valence-corrected chi connectivity index (χ0v) is 37.3. The number of amidine groups is 1. The molecule has 0 saturated heterocycles. The van der Waals surface area contributed by atoms with Gasteiger partial charge in [-0.1, -0.05) is 172 Å². The Balaban J connectivity index is 0.937. The van der Waals surface area contributed by atoms with E-state index >= 15 is 0 Å². The third-order valence-corrected chi connectivity index (χ3v) is 15.0. The largest absolute Gasteiger partial charge is 0.455 e. The second kappa shape index (κ2) is 15.1. The Labute approximate surface area is 387 Å². The highest BCUT2D eigenvalue weighted by molar-refractivity contribution is 7.19. The van der Waals surface area contributed by atoms with Gasteiger partial charge in [0.15, 0.2) is 0 Å². The van der Waals surface area contributed by atoms with Gasteiger partial charge >= 0.3 is 0 Å². The fourth-order valence-electron chi connectivity index (χ4n) is 10.5. The SMILES string of the molecule is CC1(C)c2ccc(C3=Nc4c(sc5ccccc45)C(c4cccc(-c5ccccc5)c4)N3)cc2-c2c(N(c3ccccc3)c3ccc(-c4cccc5c4oc4ccccc45)cc3)cccc21. The first-order valence-corrected chi connectivity index (χ1v) is 23.5. The maximum Gasteiger partial charge on any atom is 0.143 e. The molecule has 0 fully saturated rings. The second-order valence-electron chi connectivity index (χ2n) is 17.9. The number of thiophene rings is 1. The molecule has 5 heteroatoms. The van der Waals surface area contributed by atoms with Crippen LogP contribution in [0.2, 0.25) is 0 Å². The minimum Gasteiger partial charge on any atom is -0.455 e. The first-order valence-electron chi connectivity index (χ1n) is 22.6. The molecule has 13 rings (SSSR count). The van der Waals surface area contributed by atoms with Crippen LogP contribution in [-0.4, -0.2) is 5.84 Å². The molecule has 0 saturated carbocycles. The molecule has 4 nitrogen and oxygen atoms in total. The lowest BCUT2D eigenvalue weighted by Crippen LogP contribution is -2.32. The number of fused-ring (bicyclic) bond motifs is 9. The van der Waals surface area contributed by atoms with Gasteiger partial charge in [-0.15, -0.1) is 11.3 Å². The second-order valence-corrected chi connectivity index (χ2v) is 19.0. The molecule has 3 heterocycles. The van der Waals surface area contributed by atoms with E-state index in [-0.39, 0.29) is 11.5 Å². The van der Waals surface area contributed by atoms with Crippen LogP contribution in [0.15, 0.2) is 222 Å². The standard InChI is InChI=1S/C61H43N3OS/c1-61(2)50-35-32-42(60-62-56(59-57(63-60)48-23-10-12-29-54(48)66-59)41-19-13-18-40(36-41)38-16-5-3-6-17-38)37-49(50)55-51(61)26-15-27-52(55)64(43-20-7-4-8-21-43)44-33-30-39(31-34-44)45-24-14-25-47-46-22-9-11-28-53(46)65-58(45)47/h3-37,56H,1-2H3,(H,62,63). The van der Waals surface area contributed by atoms with Crippen molar-refractivity contribution in [1.82, 2.24) is 5.32 Å². The number of anilines is 3. The van der Waals surface area contributed by atoms with Crippen LogP contribution < -0.4 is 10.2 Å². The molecule has 1 unspecified atom stereocenters. The van der Waals surface area contributed by atoms with Crippen molar-refractivity contribution in [3.63, 3.8) is 0 Å². The molecule has 0 amide bonds. The number of para-hydroxylation sites is 3. The molecule has 2 aliphatic rings. The summed E-state index contributed by atoms with van der Waals surface area (Å²) in [5, 5.41) is 7.44. The minimum atomic E-state index is -0.227. The van der Waals surface area contributed by atoms with Crippen molar-refractivity contribution in [3.8, 4) is 33.4 Å². The number of nitrogens with zero attached hydrogens (tertiary/aromatic N) is 2. The average molecular weight is 866 g/mol. The van der Waals surface area contributed by atoms with Crippen molar-refractivity contribution in [3.05, 3.63) is 239 Å². The number of hydrogen-bond donors (Lipinski definition) is 1. The lowest BCUT2D eigenvalue weighted by molar-refractivity contribution is 0.660. The third-order valence-electron chi connectivity index (χ3n) is 13.7. The molecule has 66 heavy (non-hydrogen) atoms. The Morgan fingerprint density at radius 2 is 1.21 bits per heavy atom. The van der Waals surface area contributed by atoms with Crippen LogP contribution in [0.3, 0.4) is 0 Å². The molecule has 1 aliphatic heterocycles. The van der Waals surface area contributed by atoms with Crippen LogP contribution in [0, 0.1) is 0 Å². The van der Waals surface area contributed by atoms with Gasteiger partial charge < -0.3 is 14.6 Å². The van der Waals surface area contributed by atoms with Crippen LogP contribution in [0.25, 0.3) is 65.4 Å². The van der Waals surface area contributed by atoms with Crippen molar-refractivity contribution in [1.29, 1.82) is 0 Å². The van der Waals surface area contributed by atoms with E-state index in [0.717, 1.165) is 67.2 Å². The maximum atomic E-state index is 6.47. The van der Waals surface area contributed by atoms with Gasteiger partial charge in [0.2, 0.25) is 0 Å². The maximum absolute atomic E-state index is 6.47. The summed E-state index contributed by atoms with van der Waals surface area (Å²) in [7, 11) is 0. The Bertz CT molecular complexity index is 3710. The zero-order chi connectivity index (χ0) is 43.9. The number of aliphatic imine (C=N–C) groups is 1. The summed E-state index contributed by atoms with van der Waals surface area (Å²) in [6.07, 6.45) is 0. The number of furan rings is 1.